The van der Waals surface area contributed by atoms with Crippen molar-refractivity contribution in [3.63, 3.8) is 0 Å². The number of H-pyrrole nitrogens is 1. The van der Waals surface area contributed by atoms with Crippen molar-refractivity contribution in [3.8, 4) is 16.9 Å². The topological polar surface area (TPSA) is 50.8 Å². The number of nitrogens with zero attached hydrogens (tertiary/aromatic N) is 2. The molecule has 4 rings (SSSR count). The molecule has 0 aliphatic heterocycles. The van der Waals surface area contributed by atoms with E-state index in [2.05, 4.69) is 58.4 Å². The average Bonchev–Trinajstić information content (AvgIpc) is 3.09. The van der Waals surface area contributed by atoms with E-state index in [-0.39, 0.29) is 0 Å². The zero-order valence-electron chi connectivity index (χ0n) is 14.1. The molecule has 0 aliphatic carbocycles. The molecule has 0 amide bonds. The Kier molecular flexibility index (Phi) is 5.10. The minimum atomic E-state index is 0.553. The normalized spacial score (nSPS) is 11.0. The van der Waals surface area contributed by atoms with E-state index in [0.717, 1.165) is 50.7 Å². The van der Waals surface area contributed by atoms with Gasteiger partial charge in [-0.05, 0) is 5.56 Å². The average molecular weight is 435 g/mol. The van der Waals surface area contributed by atoms with Gasteiger partial charge in [0.15, 0.2) is 0 Å². The van der Waals surface area contributed by atoms with Crippen molar-refractivity contribution in [3.05, 3.63) is 78.2 Å². The summed E-state index contributed by atoms with van der Waals surface area (Å²) >= 11 is 3.18. The summed E-state index contributed by atoms with van der Waals surface area (Å²) in [7, 11) is 0. The van der Waals surface area contributed by atoms with E-state index in [9.17, 15) is 0 Å². The molecule has 2 heterocycles. The number of rotatable bonds is 6. The molecule has 0 saturated heterocycles. The molecule has 0 radical (unpaired) electrons. The molecule has 0 unspecified atom stereocenters. The van der Waals surface area contributed by atoms with Gasteiger partial charge in [0.1, 0.15) is 0 Å². The van der Waals surface area contributed by atoms with E-state index in [1.165, 1.54) is 0 Å². The van der Waals surface area contributed by atoms with Crippen molar-refractivity contribution >= 4 is 11.2 Å². The number of aromatic amines is 1. The molecule has 0 saturated carbocycles. The minimum absolute atomic E-state index is 0.553. The van der Waals surface area contributed by atoms with E-state index in [1.807, 2.05) is 42.6 Å². The Morgan fingerprint density at radius 2 is 1.85 bits per heavy atom. The Morgan fingerprint density at radius 3 is 2.69 bits per heavy atom. The summed E-state index contributed by atoms with van der Waals surface area (Å²) in [5, 5.41) is 0. The van der Waals surface area contributed by atoms with Gasteiger partial charge in [0.25, 0.3) is 0 Å². The molecular formula is C21H18N3OPd. The monoisotopic (exact) mass is 434 g/mol. The fourth-order valence-electron chi connectivity index (χ4n) is 2.80. The molecule has 0 aliphatic rings. The van der Waals surface area contributed by atoms with Crippen LogP contribution in [0.4, 0.5) is 0 Å². The summed E-state index contributed by atoms with van der Waals surface area (Å²) in [6.07, 6.45) is 2.74. The molecule has 2 aromatic carbocycles. The molecule has 5 heteroatoms. The van der Waals surface area contributed by atoms with E-state index in [1.54, 1.807) is 0 Å². The maximum atomic E-state index is 5.93. The first kappa shape index (κ1) is 17.0. The van der Waals surface area contributed by atoms with Crippen molar-refractivity contribution in [2.75, 3.05) is 0 Å². The third kappa shape index (κ3) is 3.85. The van der Waals surface area contributed by atoms with Crippen molar-refractivity contribution in [1.82, 2.24) is 15.0 Å². The maximum absolute atomic E-state index is 5.93. The number of hydrogen-bond acceptors (Lipinski definition) is 3. The number of aryl methyl sites for hydroxylation is 1. The quantitative estimate of drug-likeness (QED) is 0.447. The summed E-state index contributed by atoms with van der Waals surface area (Å²) in [5.74, 6) is 1.80. The first-order valence-corrected chi connectivity index (χ1v) is 9.55. The Morgan fingerprint density at radius 1 is 0.962 bits per heavy atom. The third-order valence-corrected chi connectivity index (χ3v) is 4.51. The third-order valence-electron chi connectivity index (χ3n) is 4.12. The number of nitrogens with one attached hydrogen (secondary N) is 1. The molecule has 0 atom stereocenters. The van der Waals surface area contributed by atoms with Crippen LogP contribution in [-0.4, -0.2) is 15.0 Å². The molecule has 133 valence electrons. The molecule has 0 bridgehead atoms. The van der Waals surface area contributed by atoms with Crippen LogP contribution in [-0.2, 0) is 32.2 Å². The molecule has 26 heavy (non-hydrogen) atoms. The van der Waals surface area contributed by atoms with Crippen molar-refractivity contribution in [2.45, 2.75) is 17.9 Å². The van der Waals surface area contributed by atoms with Gasteiger partial charge in [0, 0.05) is 0 Å². The van der Waals surface area contributed by atoms with Gasteiger partial charge in [0.2, 0.25) is 0 Å². The van der Waals surface area contributed by atoms with Crippen molar-refractivity contribution < 1.29 is 23.9 Å². The van der Waals surface area contributed by atoms with Gasteiger partial charge in [-0.15, -0.1) is 0 Å². The number of ether oxygens (including phenoxy) is 1. The molecule has 2 aromatic heterocycles. The SMILES string of the molecule is [Pd][CH2]Cc1nc2cc(-c3cccc(OCc4ccccc4)c3)cnc2[nH]1. The standard InChI is InChI=1S/C21H18N3O.Pd/c1-2-20-23-19-12-17(13-22-21(19)24-20)16-9-6-10-18(11-16)25-14-15-7-4-3-5-8-15;/h3-13H,1-2,14H2,(H,22,23,24);. The second-order valence-corrected chi connectivity index (χ2v) is 6.76. The Bertz CT molecular complexity index is 1010. The summed E-state index contributed by atoms with van der Waals surface area (Å²) in [5.41, 5.74) is 4.96. The van der Waals surface area contributed by atoms with Crippen LogP contribution in [0.3, 0.4) is 0 Å². The first-order valence-electron chi connectivity index (χ1n) is 8.45. The summed E-state index contributed by atoms with van der Waals surface area (Å²) in [4.78, 5) is 13.3. The predicted octanol–water partition coefficient (Wildman–Crippen LogP) is 4.71. The Balaban J connectivity index is 1.56. The molecule has 0 spiro atoms. The second kappa shape index (κ2) is 7.82. The van der Waals surface area contributed by atoms with Gasteiger partial charge in [-0.25, -0.2) is 0 Å². The fraction of sp³-hybridized carbons (Fsp3) is 0.143. The molecule has 4 aromatic rings. The van der Waals surface area contributed by atoms with Gasteiger partial charge < -0.3 is 0 Å². The van der Waals surface area contributed by atoms with Gasteiger partial charge in [0.05, 0.1) is 0 Å². The zero-order valence-corrected chi connectivity index (χ0v) is 15.6. The number of pyridine rings is 1. The van der Waals surface area contributed by atoms with E-state index >= 15 is 0 Å². The molecular weight excluding hydrogens is 417 g/mol. The van der Waals surface area contributed by atoms with Gasteiger partial charge in [-0.3, -0.25) is 0 Å². The van der Waals surface area contributed by atoms with Crippen LogP contribution in [0.25, 0.3) is 22.3 Å². The van der Waals surface area contributed by atoms with Crippen LogP contribution in [0.2, 0.25) is 4.89 Å². The second-order valence-electron chi connectivity index (χ2n) is 5.99. The summed E-state index contributed by atoms with van der Waals surface area (Å²) in [6, 6.07) is 20.3. The van der Waals surface area contributed by atoms with Crippen LogP contribution < -0.4 is 4.74 Å². The first-order chi connectivity index (χ1) is 12.8. The Labute approximate surface area is 163 Å². The molecule has 0 fully saturated rings. The van der Waals surface area contributed by atoms with Crippen molar-refractivity contribution in [1.29, 1.82) is 0 Å². The van der Waals surface area contributed by atoms with Crippen LogP contribution in [0.5, 0.6) is 5.75 Å². The van der Waals surface area contributed by atoms with Crippen LogP contribution in [0.1, 0.15) is 11.4 Å². The van der Waals surface area contributed by atoms with Crippen LogP contribution in [0, 0.1) is 0 Å². The van der Waals surface area contributed by atoms with Gasteiger partial charge >= 0.3 is 127 Å². The predicted molar refractivity (Wildman–Crippen MR) is 98.6 cm³/mol. The fourth-order valence-corrected chi connectivity index (χ4v) is 3.17. The molecule has 1 N–H and O–H groups in total. The summed E-state index contributed by atoms with van der Waals surface area (Å²) < 4.78 is 5.93. The zero-order chi connectivity index (χ0) is 17.8. The van der Waals surface area contributed by atoms with Gasteiger partial charge in [-0.1, -0.05) is 30.3 Å². The number of benzene rings is 2. The van der Waals surface area contributed by atoms with E-state index in [0.29, 0.717) is 6.61 Å². The van der Waals surface area contributed by atoms with E-state index in [4.69, 9.17) is 4.74 Å². The number of aromatic nitrogens is 3. The number of imidazole rings is 1. The Hall–Kier alpha value is -2.48. The van der Waals surface area contributed by atoms with Crippen LogP contribution >= 0.6 is 0 Å². The van der Waals surface area contributed by atoms with E-state index < -0.39 is 0 Å². The number of hydrogen-bond donors (Lipinski definition) is 1. The number of fused-ring (bicyclic) bond motifs is 1. The van der Waals surface area contributed by atoms with Gasteiger partial charge in [-0.2, -0.15) is 0 Å². The van der Waals surface area contributed by atoms with Crippen LogP contribution in [0.15, 0.2) is 66.9 Å². The van der Waals surface area contributed by atoms with Crippen molar-refractivity contribution in [2.24, 2.45) is 0 Å². The summed E-state index contributed by atoms with van der Waals surface area (Å²) in [6.45, 7) is 0.553. The molecule has 4 nitrogen and oxygen atoms in total.